The maximum atomic E-state index is 12.6. The molecule has 8 heteroatoms. The Balaban J connectivity index is 1.66. The van der Waals surface area contributed by atoms with Crippen molar-refractivity contribution in [1.29, 1.82) is 0 Å². The van der Waals surface area contributed by atoms with Gasteiger partial charge >= 0.3 is 0 Å². The Morgan fingerprint density at radius 1 is 1.31 bits per heavy atom. The number of ether oxygens (including phenoxy) is 1. The van der Waals surface area contributed by atoms with E-state index in [4.69, 9.17) is 16.3 Å². The molecule has 0 saturated carbocycles. The topological polar surface area (TPSA) is 84.4 Å². The number of piperidine rings is 1. The first-order chi connectivity index (χ1) is 12.6. The maximum absolute atomic E-state index is 12.6. The van der Waals surface area contributed by atoms with E-state index in [-0.39, 0.29) is 17.7 Å². The van der Waals surface area contributed by atoms with Gasteiger partial charge in [-0.05, 0) is 37.1 Å². The normalized spacial score (nSPS) is 16.8. The molecule has 0 radical (unpaired) electrons. The minimum absolute atomic E-state index is 0.0983. The number of likely N-dealkylation sites (tertiary alicyclic amines) is 1. The summed E-state index contributed by atoms with van der Waals surface area (Å²) in [7, 11) is 1.49. The molecule has 0 unspecified atom stereocenters. The lowest BCUT2D eigenvalue weighted by molar-refractivity contribution is -0.121. The fraction of sp³-hybridized carbons (Fsp3) is 0.333. The zero-order valence-corrected chi connectivity index (χ0v) is 15.1. The van der Waals surface area contributed by atoms with Gasteiger partial charge in [0.25, 0.3) is 5.91 Å². The third-order valence-corrected chi connectivity index (χ3v) is 4.56. The average molecular weight is 375 g/mol. The molecule has 2 aromatic rings. The molecule has 0 aliphatic carbocycles. The Labute approximate surface area is 156 Å². The Morgan fingerprint density at radius 2 is 2.08 bits per heavy atom. The first-order valence-electron chi connectivity index (χ1n) is 8.28. The molecule has 7 nitrogen and oxygen atoms in total. The SMILES string of the molecule is COc1cncnc1NC(=O)[C@H]1CCCN(C(=O)c2ccc(Cl)cc2)C1. The van der Waals surface area contributed by atoms with Gasteiger partial charge in [-0.15, -0.1) is 0 Å². The zero-order valence-electron chi connectivity index (χ0n) is 14.3. The smallest absolute Gasteiger partial charge is 0.253 e. The predicted molar refractivity (Wildman–Crippen MR) is 97.3 cm³/mol. The number of methoxy groups -OCH3 is 1. The van der Waals surface area contributed by atoms with Crippen molar-refractivity contribution in [3.05, 3.63) is 47.4 Å². The van der Waals surface area contributed by atoms with Gasteiger partial charge in [0, 0.05) is 23.7 Å². The molecule has 1 aromatic carbocycles. The van der Waals surface area contributed by atoms with Gasteiger partial charge in [0.2, 0.25) is 5.91 Å². The molecule has 1 aromatic heterocycles. The van der Waals surface area contributed by atoms with Crippen LogP contribution >= 0.6 is 11.6 Å². The maximum Gasteiger partial charge on any atom is 0.253 e. The third-order valence-electron chi connectivity index (χ3n) is 4.31. The molecule has 26 heavy (non-hydrogen) atoms. The van der Waals surface area contributed by atoms with Gasteiger partial charge in [-0.25, -0.2) is 9.97 Å². The number of rotatable bonds is 4. The van der Waals surface area contributed by atoms with E-state index in [0.717, 1.165) is 6.42 Å². The number of anilines is 1. The van der Waals surface area contributed by atoms with E-state index in [1.807, 2.05) is 0 Å². The molecule has 1 N–H and O–H groups in total. The molecule has 0 spiro atoms. The second-order valence-corrected chi connectivity index (χ2v) is 6.46. The van der Waals surface area contributed by atoms with Crippen molar-refractivity contribution in [2.75, 3.05) is 25.5 Å². The highest BCUT2D eigenvalue weighted by atomic mass is 35.5. The molecule has 0 bridgehead atoms. The summed E-state index contributed by atoms with van der Waals surface area (Å²) in [4.78, 5) is 34.8. The molecule has 1 atom stereocenters. The highest BCUT2D eigenvalue weighted by Crippen LogP contribution is 2.23. The predicted octanol–water partition coefficient (Wildman–Crippen LogP) is 2.63. The highest BCUT2D eigenvalue weighted by Gasteiger charge is 2.29. The van der Waals surface area contributed by atoms with Crippen molar-refractivity contribution in [2.24, 2.45) is 5.92 Å². The number of hydrogen-bond donors (Lipinski definition) is 1. The monoisotopic (exact) mass is 374 g/mol. The molecule has 1 aliphatic heterocycles. The van der Waals surface area contributed by atoms with Crippen molar-refractivity contribution in [1.82, 2.24) is 14.9 Å². The van der Waals surface area contributed by atoms with Crippen molar-refractivity contribution in [3.8, 4) is 5.75 Å². The number of halogens is 1. The molecule has 3 rings (SSSR count). The Hall–Kier alpha value is -2.67. The molecular formula is C18H19ClN4O3. The largest absolute Gasteiger partial charge is 0.491 e. The van der Waals surface area contributed by atoms with Crippen LogP contribution in [0.4, 0.5) is 5.82 Å². The van der Waals surface area contributed by atoms with Gasteiger partial charge in [0.1, 0.15) is 6.33 Å². The van der Waals surface area contributed by atoms with Crippen molar-refractivity contribution in [2.45, 2.75) is 12.8 Å². The first kappa shape index (κ1) is 18.1. The number of aromatic nitrogens is 2. The van der Waals surface area contributed by atoms with Crippen molar-refractivity contribution in [3.63, 3.8) is 0 Å². The lowest BCUT2D eigenvalue weighted by Gasteiger charge is -2.32. The zero-order chi connectivity index (χ0) is 18.5. The lowest BCUT2D eigenvalue weighted by atomic mass is 9.96. The summed E-state index contributed by atoms with van der Waals surface area (Å²) in [5, 5.41) is 3.35. The minimum atomic E-state index is -0.306. The number of benzene rings is 1. The standard InChI is InChI=1S/C18H19ClN4O3/c1-26-15-9-20-11-21-16(15)22-17(24)13-3-2-8-23(10-13)18(25)12-4-6-14(19)7-5-12/h4-7,9,11,13H,2-3,8,10H2,1H3,(H,20,21,22,24)/t13-/m0/s1. The highest BCUT2D eigenvalue weighted by molar-refractivity contribution is 6.30. The molecule has 2 heterocycles. The fourth-order valence-corrected chi connectivity index (χ4v) is 3.06. The van der Waals surface area contributed by atoms with Gasteiger partial charge in [-0.3, -0.25) is 9.59 Å². The van der Waals surface area contributed by atoms with Crippen LogP contribution in [0.3, 0.4) is 0 Å². The van der Waals surface area contributed by atoms with E-state index in [1.165, 1.54) is 19.6 Å². The molecule has 2 amide bonds. The van der Waals surface area contributed by atoms with Crippen molar-refractivity contribution >= 4 is 29.2 Å². The number of carbonyl (C=O) groups excluding carboxylic acids is 2. The van der Waals surface area contributed by atoms with Gasteiger partial charge in [0.15, 0.2) is 11.6 Å². The van der Waals surface area contributed by atoms with Crippen LogP contribution in [0.1, 0.15) is 23.2 Å². The van der Waals surface area contributed by atoms with Crippen LogP contribution in [0.15, 0.2) is 36.8 Å². The number of hydrogen-bond acceptors (Lipinski definition) is 5. The number of amides is 2. The molecule has 1 saturated heterocycles. The van der Waals surface area contributed by atoms with Crippen LogP contribution in [0.2, 0.25) is 5.02 Å². The summed E-state index contributed by atoms with van der Waals surface area (Å²) in [6, 6.07) is 6.76. The second kappa shape index (κ2) is 8.14. The molecule has 1 aliphatic rings. The van der Waals surface area contributed by atoms with Crippen molar-refractivity contribution < 1.29 is 14.3 Å². The van der Waals surface area contributed by atoms with Gasteiger partial charge in [0.05, 0.1) is 19.2 Å². The van der Waals surface area contributed by atoms with Crippen LogP contribution in [0.5, 0.6) is 5.75 Å². The van der Waals surface area contributed by atoms with Crippen LogP contribution in [-0.2, 0) is 4.79 Å². The second-order valence-electron chi connectivity index (χ2n) is 6.03. The van der Waals surface area contributed by atoms with Crippen LogP contribution in [0.25, 0.3) is 0 Å². The van der Waals surface area contributed by atoms with Crippen LogP contribution in [-0.4, -0.2) is 46.9 Å². The van der Waals surface area contributed by atoms with Crippen LogP contribution in [0, 0.1) is 5.92 Å². The van der Waals surface area contributed by atoms with Gasteiger partial charge in [-0.2, -0.15) is 0 Å². The molecule has 136 valence electrons. The van der Waals surface area contributed by atoms with Gasteiger partial charge in [-0.1, -0.05) is 11.6 Å². The lowest BCUT2D eigenvalue weighted by Crippen LogP contribution is -2.43. The third kappa shape index (κ3) is 4.11. The van der Waals surface area contributed by atoms with E-state index in [2.05, 4.69) is 15.3 Å². The molecule has 1 fully saturated rings. The number of nitrogens with zero attached hydrogens (tertiary/aromatic N) is 3. The van der Waals surface area contributed by atoms with Crippen LogP contribution < -0.4 is 10.1 Å². The summed E-state index contributed by atoms with van der Waals surface area (Å²) >= 11 is 5.87. The summed E-state index contributed by atoms with van der Waals surface area (Å²) in [5.74, 6) is 0.133. The Kier molecular flexibility index (Phi) is 5.68. The van der Waals surface area contributed by atoms with Gasteiger partial charge < -0.3 is 15.0 Å². The summed E-state index contributed by atoms with van der Waals surface area (Å²) in [6.45, 7) is 0.989. The molecular weight excluding hydrogens is 356 g/mol. The summed E-state index contributed by atoms with van der Waals surface area (Å²) in [6.07, 6.45) is 4.30. The minimum Gasteiger partial charge on any atom is -0.491 e. The van der Waals surface area contributed by atoms with E-state index in [1.54, 1.807) is 29.2 Å². The summed E-state index contributed by atoms with van der Waals surface area (Å²) < 4.78 is 5.15. The number of nitrogens with one attached hydrogen (secondary N) is 1. The fourth-order valence-electron chi connectivity index (χ4n) is 2.93. The van der Waals surface area contributed by atoms with E-state index >= 15 is 0 Å². The van der Waals surface area contributed by atoms with E-state index in [9.17, 15) is 9.59 Å². The Morgan fingerprint density at radius 3 is 2.81 bits per heavy atom. The average Bonchev–Trinajstić information content (AvgIpc) is 2.68. The van der Waals surface area contributed by atoms with E-state index in [0.29, 0.717) is 41.7 Å². The first-order valence-corrected chi connectivity index (χ1v) is 8.66. The quantitative estimate of drug-likeness (QED) is 0.889. The summed E-state index contributed by atoms with van der Waals surface area (Å²) in [5.41, 5.74) is 0.563. The van der Waals surface area contributed by atoms with E-state index < -0.39 is 0 Å². The number of carbonyl (C=O) groups is 2. The Bertz CT molecular complexity index is 797.